The van der Waals surface area contributed by atoms with Gasteiger partial charge in [-0.1, -0.05) is 32.0 Å². The Morgan fingerprint density at radius 2 is 1.95 bits per heavy atom. The lowest BCUT2D eigenvalue weighted by molar-refractivity contribution is 0.0260. The molecule has 108 valence electrons. The third-order valence-corrected chi connectivity index (χ3v) is 2.65. The van der Waals surface area contributed by atoms with Crippen molar-refractivity contribution in [2.75, 3.05) is 26.9 Å². The number of benzene rings is 1. The lowest BCUT2D eigenvalue weighted by Gasteiger charge is -2.14. The number of aliphatic hydroxyl groups excluding tert-OH is 1. The number of hydrogen-bond donors (Lipinski definition) is 2. The summed E-state index contributed by atoms with van der Waals surface area (Å²) in [5, 5.41) is 13.0. The summed E-state index contributed by atoms with van der Waals surface area (Å²) in [7, 11) is 1.66. The minimum atomic E-state index is -0.478. The van der Waals surface area contributed by atoms with E-state index in [4.69, 9.17) is 9.47 Å². The van der Waals surface area contributed by atoms with Crippen molar-refractivity contribution in [1.82, 2.24) is 5.32 Å². The van der Waals surface area contributed by atoms with Crippen LogP contribution in [0.1, 0.15) is 19.4 Å². The molecule has 1 aromatic rings. The smallest absolute Gasteiger partial charge is 0.123 e. The summed E-state index contributed by atoms with van der Waals surface area (Å²) in [4.78, 5) is 0. The van der Waals surface area contributed by atoms with Crippen LogP contribution in [0.2, 0.25) is 0 Å². The highest BCUT2D eigenvalue weighted by Gasteiger charge is 2.06. The average molecular weight is 267 g/mol. The summed E-state index contributed by atoms with van der Waals surface area (Å²) in [6, 6.07) is 7.85. The van der Waals surface area contributed by atoms with E-state index in [2.05, 4.69) is 19.2 Å². The van der Waals surface area contributed by atoms with Gasteiger partial charge in [-0.15, -0.1) is 0 Å². The van der Waals surface area contributed by atoms with Gasteiger partial charge in [-0.2, -0.15) is 0 Å². The molecule has 0 aliphatic rings. The highest BCUT2D eigenvalue weighted by molar-refractivity contribution is 5.32. The van der Waals surface area contributed by atoms with Gasteiger partial charge in [-0.05, 0) is 12.0 Å². The van der Waals surface area contributed by atoms with Gasteiger partial charge in [0, 0.05) is 25.3 Å². The number of hydrogen-bond acceptors (Lipinski definition) is 4. The van der Waals surface area contributed by atoms with Gasteiger partial charge in [0.25, 0.3) is 0 Å². The fourth-order valence-electron chi connectivity index (χ4n) is 1.72. The Morgan fingerprint density at radius 1 is 1.21 bits per heavy atom. The van der Waals surface area contributed by atoms with Crippen molar-refractivity contribution in [2.24, 2.45) is 5.92 Å². The van der Waals surface area contributed by atoms with Crippen molar-refractivity contribution < 1.29 is 14.6 Å². The van der Waals surface area contributed by atoms with E-state index in [1.165, 1.54) is 0 Å². The first kappa shape index (κ1) is 16.0. The van der Waals surface area contributed by atoms with Gasteiger partial charge in [0.2, 0.25) is 0 Å². The number of aliphatic hydroxyl groups is 1. The zero-order chi connectivity index (χ0) is 14.1. The summed E-state index contributed by atoms with van der Waals surface area (Å²) in [6.07, 6.45) is -0.478. The molecule has 0 amide bonds. The molecule has 0 aromatic heterocycles. The van der Waals surface area contributed by atoms with Crippen LogP contribution in [0.5, 0.6) is 5.75 Å². The lowest BCUT2D eigenvalue weighted by Crippen LogP contribution is -2.30. The predicted molar refractivity (Wildman–Crippen MR) is 76.4 cm³/mol. The third kappa shape index (κ3) is 6.57. The first-order chi connectivity index (χ1) is 9.13. The van der Waals surface area contributed by atoms with Crippen LogP contribution >= 0.6 is 0 Å². The molecule has 1 aromatic carbocycles. The van der Waals surface area contributed by atoms with Crippen LogP contribution < -0.4 is 10.1 Å². The second kappa shape index (κ2) is 8.91. The summed E-state index contributed by atoms with van der Waals surface area (Å²) < 4.78 is 10.7. The zero-order valence-electron chi connectivity index (χ0n) is 12.1. The van der Waals surface area contributed by atoms with Gasteiger partial charge in [0.05, 0.1) is 19.8 Å². The maximum absolute atomic E-state index is 9.75. The summed E-state index contributed by atoms with van der Waals surface area (Å²) in [5.74, 6) is 1.36. The summed E-state index contributed by atoms with van der Waals surface area (Å²) in [6.45, 7) is 6.42. The second-order valence-electron chi connectivity index (χ2n) is 5.03. The molecule has 0 radical (unpaired) electrons. The van der Waals surface area contributed by atoms with Crippen molar-refractivity contribution in [1.29, 1.82) is 0 Å². The Balaban J connectivity index is 2.22. The Kier molecular flexibility index (Phi) is 7.48. The summed E-state index contributed by atoms with van der Waals surface area (Å²) in [5.41, 5.74) is 1.08. The van der Waals surface area contributed by atoms with Crippen LogP contribution in [0.15, 0.2) is 24.3 Å². The molecule has 4 heteroatoms. The van der Waals surface area contributed by atoms with E-state index < -0.39 is 6.10 Å². The predicted octanol–water partition coefficient (Wildman–Crippen LogP) is 1.82. The third-order valence-electron chi connectivity index (χ3n) is 2.65. The molecule has 0 bridgehead atoms. The molecule has 1 atom stereocenters. The Labute approximate surface area is 115 Å². The Hall–Kier alpha value is -1.10. The fraction of sp³-hybridized carbons (Fsp3) is 0.600. The molecule has 0 aliphatic carbocycles. The van der Waals surface area contributed by atoms with E-state index in [9.17, 15) is 5.11 Å². The number of para-hydroxylation sites is 1. The first-order valence-corrected chi connectivity index (χ1v) is 6.72. The largest absolute Gasteiger partial charge is 0.496 e. The molecule has 0 aliphatic heterocycles. The molecule has 0 saturated heterocycles. The molecule has 1 unspecified atom stereocenters. The monoisotopic (exact) mass is 267 g/mol. The highest BCUT2D eigenvalue weighted by atomic mass is 16.5. The molecule has 0 fully saturated rings. The molecule has 19 heavy (non-hydrogen) atoms. The van der Waals surface area contributed by atoms with Crippen LogP contribution in [0.25, 0.3) is 0 Å². The van der Waals surface area contributed by atoms with Crippen LogP contribution in [0.3, 0.4) is 0 Å². The van der Waals surface area contributed by atoms with Crippen LogP contribution in [0.4, 0.5) is 0 Å². The number of rotatable bonds is 9. The van der Waals surface area contributed by atoms with Gasteiger partial charge >= 0.3 is 0 Å². The van der Waals surface area contributed by atoms with Crippen molar-refractivity contribution in [3.63, 3.8) is 0 Å². The molecule has 0 heterocycles. The van der Waals surface area contributed by atoms with E-state index in [0.29, 0.717) is 32.2 Å². The van der Waals surface area contributed by atoms with E-state index in [-0.39, 0.29) is 0 Å². The van der Waals surface area contributed by atoms with Gasteiger partial charge in [-0.25, -0.2) is 0 Å². The first-order valence-electron chi connectivity index (χ1n) is 6.72. The van der Waals surface area contributed by atoms with Gasteiger partial charge in [0.1, 0.15) is 5.75 Å². The highest BCUT2D eigenvalue weighted by Crippen LogP contribution is 2.16. The molecule has 0 spiro atoms. The van der Waals surface area contributed by atoms with Crippen molar-refractivity contribution in [3.05, 3.63) is 29.8 Å². The van der Waals surface area contributed by atoms with E-state index in [1.807, 2.05) is 24.3 Å². The van der Waals surface area contributed by atoms with Crippen molar-refractivity contribution in [3.8, 4) is 5.75 Å². The lowest BCUT2D eigenvalue weighted by atomic mass is 10.2. The molecule has 0 saturated carbocycles. The zero-order valence-corrected chi connectivity index (χ0v) is 12.1. The van der Waals surface area contributed by atoms with E-state index in [1.54, 1.807) is 7.11 Å². The van der Waals surface area contributed by atoms with Crippen molar-refractivity contribution in [2.45, 2.75) is 26.5 Å². The maximum Gasteiger partial charge on any atom is 0.123 e. The molecule has 1 rings (SSSR count). The molecular weight excluding hydrogens is 242 g/mol. The van der Waals surface area contributed by atoms with Gasteiger partial charge in [-0.3, -0.25) is 0 Å². The molecule has 4 nitrogen and oxygen atoms in total. The minimum Gasteiger partial charge on any atom is -0.496 e. The summed E-state index contributed by atoms with van der Waals surface area (Å²) >= 11 is 0. The minimum absolute atomic E-state index is 0.372. The molecular formula is C15H25NO3. The quantitative estimate of drug-likeness (QED) is 0.716. The SMILES string of the molecule is COc1ccccc1CNCC(O)COCC(C)C. The normalized spacial score (nSPS) is 12.7. The average Bonchev–Trinajstić information content (AvgIpc) is 2.39. The van der Waals surface area contributed by atoms with Crippen LogP contribution in [-0.2, 0) is 11.3 Å². The van der Waals surface area contributed by atoms with Crippen LogP contribution in [0, 0.1) is 5.92 Å². The van der Waals surface area contributed by atoms with Gasteiger partial charge in [0.15, 0.2) is 0 Å². The van der Waals surface area contributed by atoms with E-state index in [0.717, 1.165) is 11.3 Å². The fourth-order valence-corrected chi connectivity index (χ4v) is 1.72. The molecule has 2 N–H and O–H groups in total. The number of methoxy groups -OCH3 is 1. The standard InChI is InChI=1S/C15H25NO3/c1-12(2)10-19-11-14(17)9-16-8-13-6-4-5-7-15(13)18-3/h4-7,12,14,16-17H,8-11H2,1-3H3. The second-order valence-corrected chi connectivity index (χ2v) is 5.03. The van der Waals surface area contributed by atoms with Gasteiger partial charge < -0.3 is 19.9 Å². The Morgan fingerprint density at radius 3 is 2.63 bits per heavy atom. The maximum atomic E-state index is 9.75. The van der Waals surface area contributed by atoms with Crippen LogP contribution in [-0.4, -0.2) is 38.1 Å². The number of ether oxygens (including phenoxy) is 2. The van der Waals surface area contributed by atoms with E-state index >= 15 is 0 Å². The van der Waals surface area contributed by atoms with Crippen molar-refractivity contribution >= 4 is 0 Å². The Bertz CT molecular complexity index is 355. The topological polar surface area (TPSA) is 50.7 Å². The number of nitrogens with one attached hydrogen (secondary N) is 1.